The SMILES string of the molecule is C[C@H]([C@@H]1O[C@H]1C[C@H]1CO[C@@H](Cc2ncc(-c3ccccc3)o2)[C@H](O[Si](C)(C)C)[C@@H]1O[Si](C)(C)C)[C@H](C)O[Si](C)(C)C. The number of nitrogens with zero attached hydrogens (tertiary/aromatic N) is 1. The third-order valence-corrected chi connectivity index (χ3v) is 10.6. The van der Waals surface area contributed by atoms with Crippen LogP contribution in [0.3, 0.4) is 0 Å². The summed E-state index contributed by atoms with van der Waals surface area (Å²) in [6, 6.07) is 10.1. The van der Waals surface area contributed by atoms with Gasteiger partial charge in [0.25, 0.3) is 0 Å². The molecule has 0 bridgehead atoms. The van der Waals surface area contributed by atoms with E-state index in [0.717, 1.165) is 17.7 Å². The van der Waals surface area contributed by atoms with Crippen molar-refractivity contribution in [3.8, 4) is 11.3 Å². The molecular weight excluding hydrogens is 567 g/mol. The normalized spacial score (nSPS) is 28.9. The van der Waals surface area contributed by atoms with E-state index in [2.05, 4.69) is 77.8 Å². The minimum absolute atomic E-state index is 0.0634. The first-order chi connectivity index (χ1) is 19.0. The van der Waals surface area contributed by atoms with Crippen LogP contribution >= 0.6 is 0 Å². The molecule has 41 heavy (non-hydrogen) atoms. The second-order valence-electron chi connectivity index (χ2n) is 14.9. The van der Waals surface area contributed by atoms with Crippen LogP contribution in [0.5, 0.6) is 0 Å². The fourth-order valence-corrected chi connectivity index (χ4v) is 9.34. The zero-order valence-corrected chi connectivity index (χ0v) is 30.1. The molecule has 0 aliphatic carbocycles. The smallest absolute Gasteiger partial charge is 0.197 e. The van der Waals surface area contributed by atoms with Crippen molar-refractivity contribution in [2.45, 2.75) is 122 Å². The Balaban J connectivity index is 1.50. The highest BCUT2D eigenvalue weighted by Crippen LogP contribution is 2.41. The van der Waals surface area contributed by atoms with Gasteiger partial charge >= 0.3 is 0 Å². The molecule has 230 valence electrons. The molecule has 0 amide bonds. The maximum Gasteiger partial charge on any atom is 0.197 e. The van der Waals surface area contributed by atoms with E-state index in [1.54, 1.807) is 6.20 Å². The molecule has 1 aromatic heterocycles. The Bertz CT molecular complexity index is 1110. The largest absolute Gasteiger partial charge is 0.441 e. The average molecular weight is 620 g/mol. The average Bonchev–Trinajstić information content (AvgIpc) is 3.45. The number of rotatable bonds is 13. The Labute approximate surface area is 251 Å². The van der Waals surface area contributed by atoms with Gasteiger partial charge in [-0.3, -0.25) is 0 Å². The minimum atomic E-state index is -1.93. The van der Waals surface area contributed by atoms with Crippen LogP contribution in [0.2, 0.25) is 58.9 Å². The Morgan fingerprint density at radius 2 is 1.49 bits per heavy atom. The first-order valence-corrected chi connectivity index (χ1v) is 25.5. The van der Waals surface area contributed by atoms with Crippen molar-refractivity contribution in [2.24, 2.45) is 11.8 Å². The number of ether oxygens (including phenoxy) is 2. The predicted octanol–water partition coefficient (Wildman–Crippen LogP) is 7.37. The molecule has 7 nitrogen and oxygen atoms in total. The molecule has 2 fully saturated rings. The number of epoxide rings is 1. The minimum Gasteiger partial charge on any atom is -0.441 e. The van der Waals surface area contributed by atoms with Gasteiger partial charge in [-0.25, -0.2) is 4.98 Å². The summed E-state index contributed by atoms with van der Waals surface area (Å²) in [6.07, 6.45) is 3.40. The number of aromatic nitrogens is 1. The highest BCUT2D eigenvalue weighted by atomic mass is 28.4. The summed E-state index contributed by atoms with van der Waals surface area (Å²) in [4.78, 5) is 4.61. The molecule has 2 aliphatic rings. The van der Waals surface area contributed by atoms with E-state index in [0.29, 0.717) is 24.8 Å². The zero-order valence-electron chi connectivity index (χ0n) is 27.1. The van der Waals surface area contributed by atoms with Gasteiger partial charge in [-0.2, -0.15) is 0 Å². The highest BCUT2D eigenvalue weighted by molar-refractivity contribution is 6.70. The molecule has 0 spiro atoms. The summed E-state index contributed by atoms with van der Waals surface area (Å²) in [5, 5.41) is 0. The summed E-state index contributed by atoms with van der Waals surface area (Å²) >= 11 is 0. The molecule has 8 atom stereocenters. The van der Waals surface area contributed by atoms with Crippen molar-refractivity contribution in [1.82, 2.24) is 4.98 Å². The van der Waals surface area contributed by atoms with Crippen LogP contribution in [-0.2, 0) is 29.2 Å². The maximum absolute atomic E-state index is 6.96. The van der Waals surface area contributed by atoms with Crippen molar-refractivity contribution in [2.75, 3.05) is 6.61 Å². The monoisotopic (exact) mass is 619 g/mol. The molecule has 0 N–H and O–H groups in total. The van der Waals surface area contributed by atoms with Crippen molar-refractivity contribution in [3.05, 3.63) is 42.4 Å². The predicted molar refractivity (Wildman–Crippen MR) is 172 cm³/mol. The molecule has 2 aliphatic heterocycles. The van der Waals surface area contributed by atoms with E-state index < -0.39 is 25.0 Å². The van der Waals surface area contributed by atoms with Gasteiger partial charge in [0.2, 0.25) is 0 Å². The van der Waals surface area contributed by atoms with Gasteiger partial charge in [0.05, 0.1) is 49.7 Å². The van der Waals surface area contributed by atoms with Crippen LogP contribution in [0.15, 0.2) is 40.9 Å². The van der Waals surface area contributed by atoms with Gasteiger partial charge in [0, 0.05) is 23.5 Å². The highest BCUT2D eigenvalue weighted by Gasteiger charge is 2.51. The van der Waals surface area contributed by atoms with Gasteiger partial charge in [-0.1, -0.05) is 37.3 Å². The van der Waals surface area contributed by atoms with Crippen molar-refractivity contribution >= 4 is 25.0 Å². The van der Waals surface area contributed by atoms with Crippen LogP contribution < -0.4 is 0 Å². The molecule has 4 rings (SSSR count). The van der Waals surface area contributed by atoms with Gasteiger partial charge in [0.15, 0.2) is 36.6 Å². The molecule has 2 aromatic rings. The van der Waals surface area contributed by atoms with E-state index >= 15 is 0 Å². The Kier molecular flexibility index (Phi) is 10.3. The van der Waals surface area contributed by atoms with E-state index in [1.165, 1.54) is 0 Å². The molecule has 10 heteroatoms. The first-order valence-electron chi connectivity index (χ1n) is 15.3. The van der Waals surface area contributed by atoms with Crippen LogP contribution in [0, 0.1) is 11.8 Å². The summed E-state index contributed by atoms with van der Waals surface area (Å²) in [5.74, 6) is 1.97. The van der Waals surface area contributed by atoms with Gasteiger partial charge < -0.3 is 27.2 Å². The van der Waals surface area contributed by atoms with Gasteiger partial charge in [-0.05, 0) is 72.3 Å². The number of benzene rings is 1. The van der Waals surface area contributed by atoms with E-state index in [4.69, 9.17) is 27.2 Å². The lowest BCUT2D eigenvalue weighted by Crippen LogP contribution is -2.58. The van der Waals surface area contributed by atoms with Crippen molar-refractivity contribution in [1.29, 1.82) is 0 Å². The van der Waals surface area contributed by atoms with Gasteiger partial charge in [0.1, 0.15) is 0 Å². The number of oxazole rings is 1. The third-order valence-electron chi connectivity index (χ3n) is 7.60. The van der Waals surface area contributed by atoms with E-state index in [-0.39, 0.29) is 42.5 Å². The Hall–Kier alpha value is -1.12. The fraction of sp³-hybridized carbons (Fsp3) is 0.710. The van der Waals surface area contributed by atoms with Crippen molar-refractivity contribution < 1.29 is 27.2 Å². The van der Waals surface area contributed by atoms with E-state index in [9.17, 15) is 0 Å². The second-order valence-corrected chi connectivity index (χ2v) is 28.3. The molecule has 2 saturated heterocycles. The molecular formula is C31H53NO6Si3. The number of hydrogen-bond acceptors (Lipinski definition) is 7. The lowest BCUT2D eigenvalue weighted by molar-refractivity contribution is -0.153. The molecule has 3 heterocycles. The summed E-state index contributed by atoms with van der Waals surface area (Å²) < 4.78 is 39.3. The summed E-state index contributed by atoms with van der Waals surface area (Å²) in [7, 11) is -5.44. The summed E-state index contributed by atoms with van der Waals surface area (Å²) in [5.41, 5.74) is 1.02. The van der Waals surface area contributed by atoms with E-state index in [1.807, 2.05) is 30.3 Å². The molecule has 0 radical (unpaired) electrons. The lowest BCUT2D eigenvalue weighted by atomic mass is 9.86. The topological polar surface area (TPSA) is 75.5 Å². The number of hydrogen-bond donors (Lipinski definition) is 0. The fourth-order valence-electron chi connectivity index (χ4n) is 5.77. The Morgan fingerprint density at radius 3 is 2.10 bits per heavy atom. The standard InChI is InChI=1S/C31H53NO6Si3/c1-21(22(2)36-39(3,4)5)29-26(35-29)17-24-20-33-25(31(38-41(9,10)11)30(24)37-40(6,7)8)18-28-32-19-27(34-28)23-15-13-12-14-16-23/h12-16,19,21-22,24-26,29-31H,17-18,20H2,1-11H3/t21-,22-,24-,25-,26-,29-,30+,31-/m0/s1. The van der Waals surface area contributed by atoms with Crippen molar-refractivity contribution in [3.63, 3.8) is 0 Å². The third kappa shape index (κ3) is 9.69. The first kappa shape index (κ1) is 32.8. The van der Waals surface area contributed by atoms with Crippen LogP contribution in [-0.4, -0.2) is 73.2 Å². The van der Waals surface area contributed by atoms with Gasteiger partial charge in [-0.15, -0.1) is 0 Å². The lowest BCUT2D eigenvalue weighted by Gasteiger charge is -2.46. The van der Waals surface area contributed by atoms with Crippen LogP contribution in [0.1, 0.15) is 26.2 Å². The molecule has 0 saturated carbocycles. The van der Waals surface area contributed by atoms with Crippen LogP contribution in [0.4, 0.5) is 0 Å². The van der Waals surface area contributed by atoms with Crippen LogP contribution in [0.25, 0.3) is 11.3 Å². The molecule has 1 aromatic carbocycles. The summed E-state index contributed by atoms with van der Waals surface area (Å²) in [6.45, 7) is 25.3. The Morgan fingerprint density at radius 1 is 0.854 bits per heavy atom. The maximum atomic E-state index is 6.96. The molecule has 0 unspecified atom stereocenters. The quantitative estimate of drug-likeness (QED) is 0.171. The second kappa shape index (κ2) is 12.9. The zero-order chi connectivity index (χ0) is 30.2.